The lowest BCUT2D eigenvalue weighted by Gasteiger charge is -2.37. The zero-order valence-corrected chi connectivity index (χ0v) is 22.7. The maximum atomic E-state index is 13.2. The summed E-state index contributed by atoms with van der Waals surface area (Å²) in [4.78, 5) is 34.3. The summed E-state index contributed by atoms with van der Waals surface area (Å²) in [6.07, 6.45) is 0. The molecule has 2 aromatic carbocycles. The van der Waals surface area contributed by atoms with E-state index in [0.717, 1.165) is 24.2 Å². The van der Waals surface area contributed by atoms with Crippen LogP contribution in [0.1, 0.15) is 33.9 Å². The van der Waals surface area contributed by atoms with Crippen LogP contribution in [0.3, 0.4) is 0 Å². The van der Waals surface area contributed by atoms with Gasteiger partial charge in [0, 0.05) is 49.5 Å². The maximum Gasteiger partial charge on any atom is 0.274 e. The van der Waals surface area contributed by atoms with Gasteiger partial charge in [-0.15, -0.1) is 0 Å². The van der Waals surface area contributed by atoms with Crippen molar-refractivity contribution in [3.8, 4) is 0 Å². The molecule has 4 heterocycles. The van der Waals surface area contributed by atoms with Crippen LogP contribution < -0.4 is 25.6 Å². The Kier molecular flexibility index (Phi) is 6.43. The Morgan fingerprint density at radius 2 is 1.68 bits per heavy atom. The lowest BCUT2D eigenvalue weighted by molar-refractivity contribution is 0.0918. The molecule has 12 heteroatoms. The van der Waals surface area contributed by atoms with E-state index in [-0.39, 0.29) is 28.2 Å². The molecule has 0 unspecified atom stereocenters. The molecule has 1 saturated heterocycles. The number of amides is 2. The average molecular weight is 560 g/mol. The minimum Gasteiger partial charge on any atom is -0.368 e. The molecule has 0 saturated carbocycles. The molecule has 40 heavy (non-hydrogen) atoms. The van der Waals surface area contributed by atoms with Gasteiger partial charge in [0.1, 0.15) is 21.9 Å². The van der Waals surface area contributed by atoms with E-state index in [0.29, 0.717) is 36.7 Å². The van der Waals surface area contributed by atoms with Crippen molar-refractivity contribution in [3.05, 3.63) is 78.1 Å². The smallest absolute Gasteiger partial charge is 0.274 e. The van der Waals surface area contributed by atoms with Gasteiger partial charge >= 0.3 is 0 Å². The number of para-hydroxylation sites is 1. The van der Waals surface area contributed by atoms with Crippen LogP contribution in [0, 0.1) is 0 Å². The number of piperazine rings is 1. The van der Waals surface area contributed by atoms with E-state index in [1.165, 1.54) is 6.07 Å². The molecule has 2 amide bonds. The van der Waals surface area contributed by atoms with Crippen LogP contribution >= 0.6 is 0 Å². The van der Waals surface area contributed by atoms with Gasteiger partial charge in [0.25, 0.3) is 11.8 Å². The number of rotatable bonds is 5. The Morgan fingerprint density at radius 1 is 0.975 bits per heavy atom. The standard InChI is InChI=1S/C28H29N7O4S/c1-18-17-30-28(37)24-15-19-7-9-23(31-26(19)35(18)24)27(36)32-22-10-8-21(16-25(22)40(29,38)39)34-13-11-33(12-14-34)20-5-3-2-4-6-20/h2-10,15-16,18H,11-14,17H2,1H3,(H,30,37)(H,32,36)(H2,29,38,39)/t18-/m1/s1. The molecule has 1 fully saturated rings. The number of carbonyl (C=O) groups excluding carboxylic acids is 2. The fraction of sp³-hybridized carbons (Fsp3) is 0.250. The lowest BCUT2D eigenvalue weighted by atomic mass is 10.2. The molecule has 2 aromatic heterocycles. The van der Waals surface area contributed by atoms with Crippen molar-refractivity contribution >= 4 is 49.9 Å². The minimum absolute atomic E-state index is 0.0351. The fourth-order valence-corrected chi connectivity index (χ4v) is 6.07. The monoisotopic (exact) mass is 559 g/mol. The van der Waals surface area contributed by atoms with Crippen molar-refractivity contribution in [1.82, 2.24) is 14.9 Å². The molecule has 2 aliphatic rings. The van der Waals surface area contributed by atoms with Gasteiger partial charge in [0.05, 0.1) is 11.7 Å². The highest BCUT2D eigenvalue weighted by Gasteiger charge is 2.26. The summed E-state index contributed by atoms with van der Waals surface area (Å²) in [5.74, 6) is -0.777. The van der Waals surface area contributed by atoms with Gasteiger partial charge in [0.15, 0.2) is 0 Å². The molecule has 0 spiro atoms. The Labute approximate surface area is 231 Å². The van der Waals surface area contributed by atoms with Crippen molar-refractivity contribution in [3.63, 3.8) is 0 Å². The van der Waals surface area contributed by atoms with E-state index in [1.807, 2.05) is 29.7 Å². The van der Waals surface area contributed by atoms with Crippen LogP contribution in [-0.4, -0.2) is 62.5 Å². The Balaban J connectivity index is 1.24. The number of pyridine rings is 1. The highest BCUT2D eigenvalue weighted by molar-refractivity contribution is 7.89. The fourth-order valence-electron chi connectivity index (χ4n) is 5.36. The zero-order chi connectivity index (χ0) is 28.0. The number of anilines is 3. The van der Waals surface area contributed by atoms with E-state index in [2.05, 4.69) is 37.6 Å². The number of benzene rings is 2. The van der Waals surface area contributed by atoms with Crippen molar-refractivity contribution in [2.24, 2.45) is 5.14 Å². The molecule has 1 atom stereocenters. The highest BCUT2D eigenvalue weighted by atomic mass is 32.2. The number of aromatic nitrogens is 2. The first kappa shape index (κ1) is 25.8. The summed E-state index contributed by atoms with van der Waals surface area (Å²) < 4.78 is 26.9. The number of carbonyl (C=O) groups is 2. The zero-order valence-electron chi connectivity index (χ0n) is 21.9. The molecule has 11 nitrogen and oxygen atoms in total. The summed E-state index contributed by atoms with van der Waals surface area (Å²) in [5.41, 5.74) is 3.02. The van der Waals surface area contributed by atoms with Gasteiger partial charge in [-0.1, -0.05) is 18.2 Å². The molecule has 4 aromatic rings. The maximum absolute atomic E-state index is 13.2. The van der Waals surface area contributed by atoms with Gasteiger partial charge in [-0.3, -0.25) is 9.59 Å². The van der Waals surface area contributed by atoms with Crippen molar-refractivity contribution in [2.45, 2.75) is 17.9 Å². The first-order valence-electron chi connectivity index (χ1n) is 13.0. The summed E-state index contributed by atoms with van der Waals surface area (Å²) in [7, 11) is -4.15. The molecule has 0 radical (unpaired) electrons. The van der Waals surface area contributed by atoms with E-state index in [4.69, 9.17) is 5.14 Å². The number of nitrogens with two attached hydrogens (primary N) is 1. The minimum atomic E-state index is -4.15. The van der Waals surface area contributed by atoms with Crippen molar-refractivity contribution in [2.75, 3.05) is 47.8 Å². The summed E-state index contributed by atoms with van der Waals surface area (Å²) in [6, 6.07) is 20.0. The van der Waals surface area contributed by atoms with E-state index < -0.39 is 15.9 Å². The number of nitrogens with zero attached hydrogens (tertiary/aromatic N) is 4. The normalized spacial score (nSPS) is 17.4. The Morgan fingerprint density at radius 3 is 2.38 bits per heavy atom. The summed E-state index contributed by atoms with van der Waals surface area (Å²) >= 11 is 0. The van der Waals surface area contributed by atoms with Gasteiger partial charge in [0.2, 0.25) is 10.0 Å². The molecule has 206 valence electrons. The van der Waals surface area contributed by atoms with E-state index in [9.17, 15) is 18.0 Å². The number of primary sulfonamides is 1. The summed E-state index contributed by atoms with van der Waals surface area (Å²) in [5, 5.41) is 11.8. The predicted octanol–water partition coefficient (Wildman–Crippen LogP) is 2.57. The van der Waals surface area contributed by atoms with Gasteiger partial charge < -0.3 is 25.0 Å². The van der Waals surface area contributed by atoms with Crippen LogP contribution in [0.15, 0.2) is 71.6 Å². The first-order valence-corrected chi connectivity index (χ1v) is 14.6. The lowest BCUT2D eigenvalue weighted by Crippen LogP contribution is -2.46. The topological polar surface area (TPSA) is 143 Å². The van der Waals surface area contributed by atoms with Crippen LogP contribution in [0.2, 0.25) is 0 Å². The average Bonchev–Trinajstić information content (AvgIpc) is 3.35. The number of nitrogens with one attached hydrogen (secondary N) is 2. The molecular weight excluding hydrogens is 530 g/mol. The highest BCUT2D eigenvalue weighted by Crippen LogP contribution is 2.29. The van der Waals surface area contributed by atoms with E-state index in [1.54, 1.807) is 30.3 Å². The summed E-state index contributed by atoms with van der Waals surface area (Å²) in [6.45, 7) is 5.38. The third-order valence-corrected chi connectivity index (χ3v) is 8.39. The molecule has 6 rings (SSSR count). The molecule has 4 N–H and O–H groups in total. The van der Waals surface area contributed by atoms with Crippen LogP contribution in [0.5, 0.6) is 0 Å². The van der Waals surface area contributed by atoms with Crippen molar-refractivity contribution in [1.29, 1.82) is 0 Å². The first-order chi connectivity index (χ1) is 19.2. The molecule has 0 bridgehead atoms. The van der Waals surface area contributed by atoms with Gasteiger partial charge in [-0.25, -0.2) is 18.5 Å². The quantitative estimate of drug-likeness (QED) is 0.341. The Bertz CT molecular complexity index is 1730. The van der Waals surface area contributed by atoms with E-state index >= 15 is 0 Å². The Hall–Kier alpha value is -4.42. The number of hydrogen-bond donors (Lipinski definition) is 3. The molecule has 2 aliphatic heterocycles. The number of hydrogen-bond acceptors (Lipinski definition) is 7. The predicted molar refractivity (Wildman–Crippen MR) is 153 cm³/mol. The second-order valence-electron chi connectivity index (χ2n) is 10.1. The van der Waals surface area contributed by atoms with Crippen LogP contribution in [0.25, 0.3) is 11.0 Å². The largest absolute Gasteiger partial charge is 0.368 e. The van der Waals surface area contributed by atoms with Gasteiger partial charge in [-0.2, -0.15) is 0 Å². The second-order valence-corrected chi connectivity index (χ2v) is 11.6. The van der Waals surface area contributed by atoms with Crippen LogP contribution in [0.4, 0.5) is 17.1 Å². The third kappa shape index (κ3) is 4.75. The van der Waals surface area contributed by atoms with Crippen LogP contribution in [-0.2, 0) is 10.0 Å². The van der Waals surface area contributed by atoms with Gasteiger partial charge in [-0.05, 0) is 55.5 Å². The third-order valence-electron chi connectivity index (χ3n) is 7.44. The molecule has 0 aliphatic carbocycles. The second kappa shape index (κ2) is 9.96. The number of fused-ring (bicyclic) bond motifs is 3. The number of sulfonamides is 1. The molecular formula is C28H29N7O4S. The SMILES string of the molecule is C[C@@H]1CNC(=O)c2cc3ccc(C(=O)Nc4ccc(N5CCN(c6ccccc6)CC5)cc4S(N)(=O)=O)nc3n21. The van der Waals surface area contributed by atoms with Crippen molar-refractivity contribution < 1.29 is 18.0 Å².